The maximum atomic E-state index is 13.6. The summed E-state index contributed by atoms with van der Waals surface area (Å²) in [6, 6.07) is 10.8. The van der Waals surface area contributed by atoms with Crippen molar-refractivity contribution in [2.75, 3.05) is 6.61 Å². The van der Waals surface area contributed by atoms with Crippen molar-refractivity contribution in [3.63, 3.8) is 0 Å². The van der Waals surface area contributed by atoms with Crippen LogP contribution in [-0.4, -0.2) is 45.5 Å². The number of aliphatic carboxylic acids is 1. The van der Waals surface area contributed by atoms with Gasteiger partial charge in [-0.2, -0.15) is 14.9 Å². The minimum Gasteiger partial charge on any atom is -0.481 e. The van der Waals surface area contributed by atoms with Crippen molar-refractivity contribution in [1.82, 2.24) is 15.1 Å². The van der Waals surface area contributed by atoms with Crippen LogP contribution in [0.3, 0.4) is 0 Å². The molecule has 3 aromatic rings. The number of halogens is 1. The lowest BCUT2D eigenvalue weighted by atomic mass is 10.0. The number of carboxylic acid groups (broad SMARTS) is 1. The van der Waals surface area contributed by atoms with Crippen molar-refractivity contribution in [3.8, 4) is 11.6 Å². The number of nitrogens with one attached hydrogen (secondary N) is 1. The Kier molecular flexibility index (Phi) is 9.96. The number of aromatic nitrogens is 2. The number of carbonyl (C=O) groups is 2. The lowest BCUT2D eigenvalue weighted by Gasteiger charge is -2.16. The lowest BCUT2D eigenvalue weighted by Crippen LogP contribution is -2.25. The Bertz CT molecular complexity index is 1310. The fraction of sp³-hybridized carbons (Fsp3) is 0.370. The first-order valence-electron chi connectivity index (χ1n) is 12.3. The first-order chi connectivity index (χ1) is 18.6. The van der Waals surface area contributed by atoms with Crippen LogP contribution < -0.4 is 10.1 Å². The molecule has 11 nitrogen and oxygen atoms in total. The number of nitrogens with zero attached hydrogens (tertiary/aromatic N) is 4. The van der Waals surface area contributed by atoms with Crippen molar-refractivity contribution < 1.29 is 23.8 Å². The molecular formula is C27H30FN5O6. The zero-order chi connectivity index (χ0) is 28.5. The Hall–Kier alpha value is -4.48. The van der Waals surface area contributed by atoms with Crippen LogP contribution in [0.2, 0.25) is 0 Å². The molecule has 39 heavy (non-hydrogen) atoms. The van der Waals surface area contributed by atoms with Gasteiger partial charge < -0.3 is 15.2 Å². The van der Waals surface area contributed by atoms with E-state index in [2.05, 4.69) is 20.8 Å². The van der Waals surface area contributed by atoms with Crippen LogP contribution in [0.25, 0.3) is 5.69 Å². The van der Waals surface area contributed by atoms with Crippen LogP contribution in [0.4, 0.5) is 4.39 Å². The van der Waals surface area contributed by atoms with Gasteiger partial charge in [0.1, 0.15) is 24.5 Å². The van der Waals surface area contributed by atoms with Gasteiger partial charge in [0, 0.05) is 18.5 Å². The Labute approximate surface area is 224 Å². The molecule has 1 amide bonds. The van der Waals surface area contributed by atoms with E-state index in [-0.39, 0.29) is 37.1 Å². The molecule has 12 heteroatoms. The van der Waals surface area contributed by atoms with Gasteiger partial charge in [-0.3, -0.25) is 9.59 Å². The van der Waals surface area contributed by atoms with Crippen LogP contribution in [0.1, 0.15) is 59.8 Å². The molecule has 2 N–H and O–H groups in total. The number of nitroso groups, excluding NO2 is 2. The van der Waals surface area contributed by atoms with Gasteiger partial charge in [-0.05, 0) is 42.7 Å². The molecule has 0 aliphatic carbocycles. The second kappa shape index (κ2) is 13.4. The number of aryl methyl sites for hydroxylation is 1. The van der Waals surface area contributed by atoms with E-state index in [0.29, 0.717) is 11.3 Å². The number of amides is 1. The Balaban J connectivity index is 1.94. The topological polar surface area (TPSA) is 152 Å². The minimum atomic E-state index is -1.23. The SMILES string of the molecule is Cc1ccc(CNC(=O)c2nn(-c3ccc(F)cc3)c(OCC(CC(CC(=O)O)N=O)N=O)c2C(C)C)cc1. The highest BCUT2D eigenvalue weighted by Gasteiger charge is 2.29. The predicted octanol–water partition coefficient (Wildman–Crippen LogP) is 4.89. The summed E-state index contributed by atoms with van der Waals surface area (Å²) in [5.74, 6) is -2.28. The van der Waals surface area contributed by atoms with Crippen molar-refractivity contribution >= 4 is 11.9 Å². The maximum absolute atomic E-state index is 13.6. The predicted molar refractivity (Wildman–Crippen MR) is 141 cm³/mol. The van der Waals surface area contributed by atoms with E-state index in [0.717, 1.165) is 11.1 Å². The van der Waals surface area contributed by atoms with E-state index in [1.54, 1.807) is 0 Å². The third kappa shape index (κ3) is 7.76. The highest BCUT2D eigenvalue weighted by molar-refractivity contribution is 5.94. The van der Waals surface area contributed by atoms with E-state index in [1.807, 2.05) is 45.0 Å². The molecule has 1 heterocycles. The quantitative estimate of drug-likeness (QED) is 0.277. The number of carbonyl (C=O) groups excluding carboxylic acids is 1. The first-order valence-corrected chi connectivity index (χ1v) is 12.3. The number of carboxylic acids is 1. The molecule has 0 spiro atoms. The van der Waals surface area contributed by atoms with Crippen LogP contribution in [0.5, 0.6) is 5.88 Å². The highest BCUT2D eigenvalue weighted by atomic mass is 19.1. The van der Waals surface area contributed by atoms with Gasteiger partial charge >= 0.3 is 5.97 Å². The van der Waals surface area contributed by atoms with E-state index >= 15 is 0 Å². The molecule has 2 atom stereocenters. The van der Waals surface area contributed by atoms with Crippen LogP contribution in [0.15, 0.2) is 58.9 Å². The fourth-order valence-corrected chi connectivity index (χ4v) is 3.97. The average molecular weight is 540 g/mol. The van der Waals surface area contributed by atoms with Gasteiger partial charge in [0.15, 0.2) is 5.69 Å². The molecule has 206 valence electrons. The normalized spacial score (nSPS) is 12.5. The Morgan fingerprint density at radius 1 is 1.05 bits per heavy atom. The molecule has 2 aromatic carbocycles. The van der Waals surface area contributed by atoms with Gasteiger partial charge in [-0.25, -0.2) is 9.07 Å². The standard InChI is InChI=1S/C27H30FN5O6/c1-16(2)24-25(26(36)29-14-18-6-4-17(3)5-7-18)30-33(22-10-8-19(28)9-11-22)27(24)39-15-21(32-38)12-20(31-37)13-23(34)35/h4-11,16,20-21H,12-15H2,1-3H3,(H,29,36)(H,34,35). The molecule has 0 aliphatic rings. The number of hydrogen-bond donors (Lipinski definition) is 2. The van der Waals surface area contributed by atoms with Gasteiger partial charge in [0.2, 0.25) is 5.88 Å². The molecule has 0 aliphatic heterocycles. The third-order valence-corrected chi connectivity index (χ3v) is 5.98. The van der Waals surface area contributed by atoms with E-state index in [9.17, 15) is 23.8 Å². The molecular weight excluding hydrogens is 509 g/mol. The molecule has 0 saturated carbocycles. The van der Waals surface area contributed by atoms with E-state index < -0.39 is 36.2 Å². The zero-order valence-electron chi connectivity index (χ0n) is 21.8. The van der Waals surface area contributed by atoms with Crippen LogP contribution >= 0.6 is 0 Å². The number of benzene rings is 2. The first kappa shape index (κ1) is 29.1. The second-order valence-electron chi connectivity index (χ2n) is 9.44. The van der Waals surface area contributed by atoms with Crippen LogP contribution in [0, 0.1) is 22.6 Å². The monoisotopic (exact) mass is 539 g/mol. The summed E-state index contributed by atoms with van der Waals surface area (Å²) in [6.07, 6.45) is -0.781. The van der Waals surface area contributed by atoms with E-state index in [4.69, 9.17) is 9.84 Å². The summed E-state index contributed by atoms with van der Waals surface area (Å²) in [6.45, 7) is 5.57. The lowest BCUT2D eigenvalue weighted by molar-refractivity contribution is -0.137. The molecule has 0 bridgehead atoms. The summed E-state index contributed by atoms with van der Waals surface area (Å²) < 4.78 is 20.9. The third-order valence-electron chi connectivity index (χ3n) is 5.98. The van der Waals surface area contributed by atoms with Crippen molar-refractivity contribution in [3.05, 3.63) is 86.5 Å². The number of ether oxygens (including phenoxy) is 1. The minimum absolute atomic E-state index is 0.0883. The van der Waals surface area contributed by atoms with Crippen molar-refractivity contribution in [2.45, 2.75) is 58.2 Å². The second-order valence-corrected chi connectivity index (χ2v) is 9.44. The van der Waals surface area contributed by atoms with Crippen molar-refractivity contribution in [1.29, 1.82) is 0 Å². The Morgan fingerprint density at radius 3 is 2.26 bits per heavy atom. The van der Waals surface area contributed by atoms with Gasteiger partial charge in [-0.1, -0.05) is 54.0 Å². The number of hydrogen-bond acceptors (Lipinski definition) is 8. The van der Waals surface area contributed by atoms with Gasteiger partial charge in [-0.15, -0.1) is 0 Å². The molecule has 1 aromatic heterocycles. The van der Waals surface area contributed by atoms with E-state index in [1.165, 1.54) is 28.9 Å². The summed E-state index contributed by atoms with van der Waals surface area (Å²) in [7, 11) is 0. The summed E-state index contributed by atoms with van der Waals surface area (Å²) in [5, 5.41) is 22.0. The smallest absolute Gasteiger partial charge is 0.305 e. The van der Waals surface area contributed by atoms with Gasteiger partial charge in [0.05, 0.1) is 12.1 Å². The average Bonchev–Trinajstić information content (AvgIpc) is 3.30. The molecule has 2 unspecified atom stereocenters. The van der Waals surface area contributed by atoms with Gasteiger partial charge in [0.25, 0.3) is 5.91 Å². The molecule has 0 radical (unpaired) electrons. The maximum Gasteiger partial charge on any atom is 0.305 e. The Morgan fingerprint density at radius 2 is 1.69 bits per heavy atom. The largest absolute Gasteiger partial charge is 0.481 e. The zero-order valence-corrected chi connectivity index (χ0v) is 21.8. The molecule has 3 rings (SSSR count). The fourth-order valence-electron chi connectivity index (χ4n) is 3.97. The molecule has 0 fully saturated rings. The summed E-state index contributed by atoms with van der Waals surface area (Å²) in [5.41, 5.74) is 2.92. The van der Waals surface area contributed by atoms with Crippen molar-refractivity contribution in [2.24, 2.45) is 10.4 Å². The molecule has 0 saturated heterocycles. The summed E-state index contributed by atoms with van der Waals surface area (Å²) in [4.78, 5) is 46.8. The number of rotatable bonds is 14. The highest BCUT2D eigenvalue weighted by Crippen LogP contribution is 2.33. The van der Waals surface area contributed by atoms with Crippen LogP contribution in [-0.2, 0) is 11.3 Å². The summed E-state index contributed by atoms with van der Waals surface area (Å²) >= 11 is 0.